The molecule has 1 aromatic carbocycles. The number of aryl methyl sites for hydroxylation is 1. The molecule has 0 saturated carbocycles. The third kappa shape index (κ3) is 5.48. The van der Waals surface area contributed by atoms with Crippen molar-refractivity contribution in [3.63, 3.8) is 0 Å². The second kappa shape index (κ2) is 8.32. The van der Waals surface area contributed by atoms with Crippen molar-refractivity contribution in [1.82, 2.24) is 5.32 Å². The van der Waals surface area contributed by atoms with Crippen LogP contribution in [0.1, 0.15) is 24.7 Å². The minimum absolute atomic E-state index is 0.451. The van der Waals surface area contributed by atoms with Gasteiger partial charge in [0.15, 0.2) is 0 Å². The number of hydrogen-bond acceptors (Lipinski definition) is 3. The normalized spacial score (nSPS) is 12.0. The Hall–Kier alpha value is -2.00. The lowest BCUT2D eigenvalue weighted by Crippen LogP contribution is -2.25. The van der Waals surface area contributed by atoms with Crippen molar-refractivity contribution in [3.05, 3.63) is 66.6 Å². The number of nitrogens with one attached hydrogen (secondary N) is 1. The smallest absolute Gasteiger partial charge is 0.119 e. The fourth-order valence-corrected chi connectivity index (χ4v) is 2.07. The predicted molar refractivity (Wildman–Crippen MR) is 85.5 cm³/mol. The summed E-state index contributed by atoms with van der Waals surface area (Å²) in [5, 5.41) is 3.53. The van der Waals surface area contributed by atoms with Gasteiger partial charge in [-0.2, -0.15) is 0 Å². The molecular formula is C18H23NO2. The van der Waals surface area contributed by atoms with Crippen molar-refractivity contribution in [2.24, 2.45) is 0 Å². The van der Waals surface area contributed by atoms with E-state index in [2.05, 4.69) is 31.0 Å². The molecule has 21 heavy (non-hydrogen) atoms. The Morgan fingerprint density at radius 3 is 2.76 bits per heavy atom. The van der Waals surface area contributed by atoms with Crippen molar-refractivity contribution in [3.8, 4) is 5.75 Å². The number of rotatable bonds is 9. The zero-order valence-corrected chi connectivity index (χ0v) is 12.5. The van der Waals surface area contributed by atoms with E-state index in [1.807, 2.05) is 24.3 Å². The van der Waals surface area contributed by atoms with Gasteiger partial charge in [-0.15, -0.1) is 0 Å². The second-order valence-corrected chi connectivity index (χ2v) is 5.14. The standard InChI is InChI=1S/C18H23NO2/c1-3-12-20-18-10-7-16(8-11-18)14-19-15(2)6-9-17-5-4-13-21-17/h3-5,7-8,10-11,13,15,19H,1,6,9,12,14H2,2H3. The molecule has 3 nitrogen and oxygen atoms in total. The van der Waals surface area contributed by atoms with Crippen LogP contribution in [-0.2, 0) is 13.0 Å². The van der Waals surface area contributed by atoms with Crippen LogP contribution in [0.4, 0.5) is 0 Å². The molecule has 1 heterocycles. The van der Waals surface area contributed by atoms with E-state index in [1.165, 1.54) is 5.56 Å². The number of furan rings is 1. The van der Waals surface area contributed by atoms with Crippen molar-refractivity contribution in [2.75, 3.05) is 6.61 Å². The third-order valence-corrected chi connectivity index (χ3v) is 3.35. The molecule has 0 aliphatic rings. The zero-order chi connectivity index (χ0) is 14.9. The molecule has 0 bridgehead atoms. The van der Waals surface area contributed by atoms with Gasteiger partial charge >= 0.3 is 0 Å². The average molecular weight is 285 g/mol. The van der Waals surface area contributed by atoms with Crippen molar-refractivity contribution in [1.29, 1.82) is 0 Å². The molecule has 1 N–H and O–H groups in total. The molecule has 0 saturated heterocycles. The van der Waals surface area contributed by atoms with E-state index in [0.29, 0.717) is 12.6 Å². The SMILES string of the molecule is C=CCOc1ccc(CNC(C)CCc2ccco2)cc1. The summed E-state index contributed by atoms with van der Waals surface area (Å²) in [6, 6.07) is 12.6. The van der Waals surface area contributed by atoms with Crippen LogP contribution in [-0.4, -0.2) is 12.6 Å². The summed E-state index contributed by atoms with van der Waals surface area (Å²) in [4.78, 5) is 0. The Morgan fingerprint density at radius 1 is 1.29 bits per heavy atom. The minimum atomic E-state index is 0.451. The molecule has 0 spiro atoms. The van der Waals surface area contributed by atoms with Crippen LogP contribution in [0.15, 0.2) is 59.7 Å². The molecule has 1 atom stereocenters. The van der Waals surface area contributed by atoms with E-state index in [1.54, 1.807) is 12.3 Å². The van der Waals surface area contributed by atoms with Crippen LogP contribution >= 0.6 is 0 Å². The van der Waals surface area contributed by atoms with Crippen molar-refractivity contribution < 1.29 is 9.15 Å². The molecule has 0 radical (unpaired) electrons. The maximum absolute atomic E-state index is 5.47. The number of hydrogen-bond donors (Lipinski definition) is 1. The van der Waals surface area contributed by atoms with Crippen LogP contribution in [0.5, 0.6) is 5.75 Å². The Morgan fingerprint density at radius 2 is 2.10 bits per heavy atom. The molecule has 1 unspecified atom stereocenters. The summed E-state index contributed by atoms with van der Waals surface area (Å²) < 4.78 is 10.8. The molecule has 0 aliphatic heterocycles. The van der Waals surface area contributed by atoms with Crippen LogP contribution in [0, 0.1) is 0 Å². The van der Waals surface area contributed by atoms with E-state index < -0.39 is 0 Å². The van der Waals surface area contributed by atoms with Gasteiger partial charge in [-0.1, -0.05) is 24.8 Å². The topological polar surface area (TPSA) is 34.4 Å². The fraction of sp³-hybridized carbons (Fsp3) is 0.333. The zero-order valence-electron chi connectivity index (χ0n) is 12.5. The van der Waals surface area contributed by atoms with Crippen LogP contribution in [0.25, 0.3) is 0 Å². The minimum Gasteiger partial charge on any atom is -0.490 e. The summed E-state index contributed by atoms with van der Waals surface area (Å²) in [5.74, 6) is 1.93. The van der Waals surface area contributed by atoms with E-state index in [0.717, 1.165) is 30.9 Å². The van der Waals surface area contributed by atoms with Crippen LogP contribution < -0.4 is 10.1 Å². The molecule has 112 valence electrons. The predicted octanol–water partition coefficient (Wildman–Crippen LogP) is 3.96. The van der Waals surface area contributed by atoms with Gasteiger partial charge in [0.05, 0.1) is 6.26 Å². The fourth-order valence-electron chi connectivity index (χ4n) is 2.07. The Kier molecular flexibility index (Phi) is 6.10. The van der Waals surface area contributed by atoms with Gasteiger partial charge in [0, 0.05) is 19.0 Å². The average Bonchev–Trinajstić information content (AvgIpc) is 3.03. The first-order valence-electron chi connectivity index (χ1n) is 7.36. The summed E-state index contributed by atoms with van der Waals surface area (Å²) in [6.45, 7) is 7.24. The van der Waals surface area contributed by atoms with Gasteiger partial charge < -0.3 is 14.5 Å². The molecular weight excluding hydrogens is 262 g/mol. The maximum atomic E-state index is 5.47. The highest BCUT2D eigenvalue weighted by Gasteiger charge is 2.04. The Bertz CT molecular complexity index is 517. The van der Waals surface area contributed by atoms with Gasteiger partial charge in [-0.3, -0.25) is 0 Å². The molecule has 3 heteroatoms. The van der Waals surface area contributed by atoms with Gasteiger partial charge in [-0.25, -0.2) is 0 Å². The highest BCUT2D eigenvalue weighted by molar-refractivity contribution is 5.27. The summed E-state index contributed by atoms with van der Waals surface area (Å²) in [7, 11) is 0. The summed E-state index contributed by atoms with van der Waals surface area (Å²) >= 11 is 0. The first kappa shape index (κ1) is 15.4. The number of benzene rings is 1. The van der Waals surface area contributed by atoms with E-state index >= 15 is 0 Å². The van der Waals surface area contributed by atoms with E-state index in [-0.39, 0.29) is 0 Å². The monoisotopic (exact) mass is 285 g/mol. The van der Waals surface area contributed by atoms with Crippen molar-refractivity contribution >= 4 is 0 Å². The maximum Gasteiger partial charge on any atom is 0.119 e. The first-order chi connectivity index (χ1) is 10.3. The second-order valence-electron chi connectivity index (χ2n) is 5.14. The molecule has 1 aromatic heterocycles. The van der Waals surface area contributed by atoms with Gasteiger partial charge in [0.25, 0.3) is 0 Å². The van der Waals surface area contributed by atoms with Crippen LogP contribution in [0.3, 0.4) is 0 Å². The largest absolute Gasteiger partial charge is 0.490 e. The molecule has 2 rings (SSSR count). The Labute approximate surface area is 126 Å². The number of ether oxygens (including phenoxy) is 1. The third-order valence-electron chi connectivity index (χ3n) is 3.35. The molecule has 0 amide bonds. The summed E-state index contributed by atoms with van der Waals surface area (Å²) in [5.41, 5.74) is 1.26. The lowest BCUT2D eigenvalue weighted by Gasteiger charge is -2.13. The lowest BCUT2D eigenvalue weighted by atomic mass is 10.1. The molecule has 0 fully saturated rings. The molecule has 2 aromatic rings. The van der Waals surface area contributed by atoms with E-state index in [9.17, 15) is 0 Å². The quantitative estimate of drug-likeness (QED) is 0.708. The first-order valence-corrected chi connectivity index (χ1v) is 7.36. The van der Waals surface area contributed by atoms with Gasteiger partial charge in [-0.05, 0) is 43.2 Å². The lowest BCUT2D eigenvalue weighted by molar-refractivity contribution is 0.363. The summed E-state index contributed by atoms with van der Waals surface area (Å²) in [6.07, 6.45) is 5.50. The van der Waals surface area contributed by atoms with Crippen molar-refractivity contribution in [2.45, 2.75) is 32.4 Å². The van der Waals surface area contributed by atoms with Gasteiger partial charge in [0.2, 0.25) is 0 Å². The van der Waals surface area contributed by atoms with Crippen LogP contribution in [0.2, 0.25) is 0 Å². The molecule has 0 aliphatic carbocycles. The van der Waals surface area contributed by atoms with Gasteiger partial charge in [0.1, 0.15) is 18.1 Å². The Balaban J connectivity index is 1.70. The highest BCUT2D eigenvalue weighted by atomic mass is 16.5. The van der Waals surface area contributed by atoms with E-state index in [4.69, 9.17) is 9.15 Å². The highest BCUT2D eigenvalue weighted by Crippen LogP contribution is 2.12.